The number of carbonyl (C=O) groups excluding carboxylic acids is 1. The van der Waals surface area contributed by atoms with Gasteiger partial charge in [-0.2, -0.15) is 0 Å². The quantitative estimate of drug-likeness (QED) is 0.500. The lowest BCUT2D eigenvalue weighted by Crippen LogP contribution is -1.94. The van der Waals surface area contributed by atoms with Gasteiger partial charge in [0.05, 0.1) is 6.61 Å². The molecule has 0 aliphatic carbocycles. The summed E-state index contributed by atoms with van der Waals surface area (Å²) in [5, 5.41) is 0. The summed E-state index contributed by atoms with van der Waals surface area (Å²) in [7, 11) is 0. The Hall–Kier alpha value is -1.25. The number of ether oxygens (including phenoxy) is 1. The van der Waals surface area contributed by atoms with E-state index < -0.39 is 0 Å². The molecule has 1 heterocycles. The Bertz CT molecular complexity index is 240. The number of rotatable bonds is 5. The summed E-state index contributed by atoms with van der Waals surface area (Å²) in [5.74, 6) is 0.729. The summed E-state index contributed by atoms with van der Waals surface area (Å²) in [6, 6.07) is 3.24. The lowest BCUT2D eigenvalue weighted by atomic mass is 10.4. The molecule has 0 atom stereocenters. The van der Waals surface area contributed by atoms with Crippen LogP contribution in [-0.2, 0) is 0 Å². The maximum atomic E-state index is 10.2. The highest BCUT2D eigenvalue weighted by atomic mass is 16.6. The number of furan rings is 1. The largest absolute Gasteiger partial charge is 0.465 e. The summed E-state index contributed by atoms with van der Waals surface area (Å²) < 4.78 is 10.2. The van der Waals surface area contributed by atoms with Crippen molar-refractivity contribution >= 4 is 6.29 Å². The standard InChI is InChI=1S/C9H12O3/c1-2-3-6-11-9-5-4-8(7-10)12-9/h4-5,7H,2-3,6H2,1H3. The molecule has 1 aromatic rings. The maximum absolute atomic E-state index is 10.2. The molecule has 0 aromatic carbocycles. The molecule has 0 aliphatic heterocycles. The first-order chi connectivity index (χ1) is 5.86. The normalized spacial score (nSPS) is 9.75. The van der Waals surface area contributed by atoms with E-state index in [1.807, 2.05) is 0 Å². The second kappa shape index (κ2) is 4.59. The Balaban J connectivity index is 2.36. The van der Waals surface area contributed by atoms with Gasteiger partial charge in [-0.15, -0.1) is 0 Å². The molecule has 0 amide bonds. The minimum atomic E-state index is 0.307. The molecule has 3 heteroatoms. The van der Waals surface area contributed by atoms with E-state index in [0.29, 0.717) is 24.6 Å². The Morgan fingerprint density at radius 2 is 2.42 bits per heavy atom. The summed E-state index contributed by atoms with van der Waals surface area (Å²) >= 11 is 0. The third kappa shape index (κ3) is 2.42. The van der Waals surface area contributed by atoms with E-state index in [4.69, 9.17) is 9.15 Å². The first-order valence-electron chi connectivity index (χ1n) is 4.04. The van der Waals surface area contributed by atoms with Crippen LogP contribution in [0, 0.1) is 0 Å². The molecule has 0 fully saturated rings. The fraction of sp³-hybridized carbons (Fsp3) is 0.444. The fourth-order valence-electron chi connectivity index (χ4n) is 0.792. The zero-order chi connectivity index (χ0) is 8.81. The van der Waals surface area contributed by atoms with Crippen molar-refractivity contribution in [2.45, 2.75) is 19.8 Å². The maximum Gasteiger partial charge on any atom is 0.284 e. The zero-order valence-electron chi connectivity index (χ0n) is 7.08. The van der Waals surface area contributed by atoms with Gasteiger partial charge in [-0.3, -0.25) is 4.79 Å². The van der Waals surface area contributed by atoms with Gasteiger partial charge in [0, 0.05) is 6.07 Å². The topological polar surface area (TPSA) is 39.4 Å². The van der Waals surface area contributed by atoms with Gasteiger partial charge >= 0.3 is 0 Å². The van der Waals surface area contributed by atoms with Gasteiger partial charge in [-0.05, 0) is 12.5 Å². The molecule has 0 aliphatic rings. The van der Waals surface area contributed by atoms with Gasteiger partial charge in [0.15, 0.2) is 12.0 Å². The SMILES string of the molecule is CCCCOc1ccc(C=O)o1. The van der Waals surface area contributed by atoms with Gasteiger partial charge < -0.3 is 9.15 Å². The lowest BCUT2D eigenvalue weighted by Gasteiger charge is -1.98. The molecule has 0 saturated heterocycles. The first kappa shape index (κ1) is 8.84. The van der Waals surface area contributed by atoms with Crippen LogP contribution in [0.5, 0.6) is 5.95 Å². The molecule has 0 radical (unpaired) electrons. The Kier molecular flexibility index (Phi) is 3.38. The minimum absolute atomic E-state index is 0.307. The highest BCUT2D eigenvalue weighted by molar-refractivity contribution is 5.70. The molecule has 1 rings (SSSR count). The summed E-state index contributed by atoms with van der Waals surface area (Å²) in [5.41, 5.74) is 0. The second-order valence-corrected chi connectivity index (χ2v) is 2.48. The predicted octanol–water partition coefficient (Wildman–Crippen LogP) is 2.27. The van der Waals surface area contributed by atoms with E-state index in [2.05, 4.69) is 6.92 Å². The molecular formula is C9H12O3. The van der Waals surface area contributed by atoms with Crippen LogP contribution in [0.3, 0.4) is 0 Å². The van der Waals surface area contributed by atoms with Crippen LogP contribution in [0.15, 0.2) is 16.5 Å². The van der Waals surface area contributed by atoms with Crippen molar-refractivity contribution < 1.29 is 13.9 Å². The average Bonchev–Trinajstić information content (AvgIpc) is 2.53. The smallest absolute Gasteiger partial charge is 0.284 e. The van der Waals surface area contributed by atoms with Crippen LogP contribution >= 0.6 is 0 Å². The van der Waals surface area contributed by atoms with E-state index in [9.17, 15) is 4.79 Å². The Morgan fingerprint density at radius 3 is 3.00 bits per heavy atom. The van der Waals surface area contributed by atoms with Gasteiger partial charge in [-0.1, -0.05) is 13.3 Å². The third-order valence-electron chi connectivity index (χ3n) is 1.46. The fourth-order valence-corrected chi connectivity index (χ4v) is 0.792. The minimum Gasteiger partial charge on any atom is -0.465 e. The van der Waals surface area contributed by atoms with E-state index >= 15 is 0 Å². The number of hydrogen-bond acceptors (Lipinski definition) is 3. The zero-order valence-corrected chi connectivity index (χ0v) is 7.08. The van der Waals surface area contributed by atoms with Gasteiger partial charge in [0.2, 0.25) is 0 Å². The Labute approximate surface area is 71.3 Å². The van der Waals surface area contributed by atoms with Crippen LogP contribution in [-0.4, -0.2) is 12.9 Å². The summed E-state index contributed by atoms with van der Waals surface area (Å²) in [6.07, 6.45) is 2.74. The van der Waals surface area contributed by atoms with Crippen molar-refractivity contribution in [3.8, 4) is 5.95 Å². The van der Waals surface area contributed by atoms with Crippen LogP contribution in [0.25, 0.3) is 0 Å². The third-order valence-corrected chi connectivity index (χ3v) is 1.46. The average molecular weight is 168 g/mol. The van der Waals surface area contributed by atoms with Crippen molar-refractivity contribution in [1.29, 1.82) is 0 Å². The van der Waals surface area contributed by atoms with Gasteiger partial charge in [0.1, 0.15) is 0 Å². The van der Waals surface area contributed by atoms with Gasteiger partial charge in [-0.25, -0.2) is 0 Å². The molecular weight excluding hydrogens is 156 g/mol. The number of aldehydes is 1. The highest BCUT2D eigenvalue weighted by Crippen LogP contribution is 2.14. The predicted molar refractivity (Wildman–Crippen MR) is 44.5 cm³/mol. The molecule has 12 heavy (non-hydrogen) atoms. The van der Waals surface area contributed by atoms with Crippen molar-refractivity contribution in [2.75, 3.05) is 6.61 Å². The van der Waals surface area contributed by atoms with Crippen LogP contribution in [0.1, 0.15) is 30.3 Å². The van der Waals surface area contributed by atoms with Crippen molar-refractivity contribution in [1.82, 2.24) is 0 Å². The second-order valence-electron chi connectivity index (χ2n) is 2.48. The molecule has 0 spiro atoms. The van der Waals surface area contributed by atoms with E-state index in [1.165, 1.54) is 0 Å². The summed E-state index contributed by atoms with van der Waals surface area (Å²) in [4.78, 5) is 10.2. The van der Waals surface area contributed by atoms with Gasteiger partial charge in [0.25, 0.3) is 5.95 Å². The van der Waals surface area contributed by atoms with E-state index in [1.54, 1.807) is 12.1 Å². The molecule has 1 aromatic heterocycles. The molecule has 0 bridgehead atoms. The van der Waals surface area contributed by atoms with E-state index in [-0.39, 0.29) is 0 Å². The van der Waals surface area contributed by atoms with Crippen LogP contribution in [0.4, 0.5) is 0 Å². The molecule has 0 unspecified atom stereocenters. The lowest BCUT2D eigenvalue weighted by molar-refractivity contribution is 0.109. The van der Waals surface area contributed by atoms with E-state index in [0.717, 1.165) is 12.8 Å². The van der Waals surface area contributed by atoms with Crippen molar-refractivity contribution in [3.63, 3.8) is 0 Å². The van der Waals surface area contributed by atoms with Crippen molar-refractivity contribution in [2.24, 2.45) is 0 Å². The number of unbranched alkanes of at least 4 members (excludes halogenated alkanes) is 1. The molecule has 0 saturated carbocycles. The number of hydrogen-bond donors (Lipinski definition) is 0. The summed E-state index contributed by atoms with van der Waals surface area (Å²) in [6.45, 7) is 2.73. The highest BCUT2D eigenvalue weighted by Gasteiger charge is 1.99. The molecule has 66 valence electrons. The first-order valence-corrected chi connectivity index (χ1v) is 4.04. The molecule has 0 N–H and O–H groups in total. The Morgan fingerprint density at radius 1 is 1.58 bits per heavy atom. The van der Waals surface area contributed by atoms with Crippen LogP contribution in [0.2, 0.25) is 0 Å². The van der Waals surface area contributed by atoms with Crippen LogP contribution < -0.4 is 4.74 Å². The van der Waals surface area contributed by atoms with Crippen molar-refractivity contribution in [3.05, 3.63) is 17.9 Å². The monoisotopic (exact) mass is 168 g/mol. The number of carbonyl (C=O) groups is 1. The molecule has 3 nitrogen and oxygen atoms in total.